The van der Waals surface area contributed by atoms with Gasteiger partial charge in [-0.2, -0.15) is 0 Å². The number of rotatable bonds is 3. The van der Waals surface area contributed by atoms with Crippen molar-refractivity contribution in [3.8, 4) is 17.1 Å². The minimum absolute atomic E-state index is 0.0537. The maximum atomic E-state index is 6.15. The number of hydrogen-bond donors (Lipinski definition) is 1. The SMILES string of the molecule is Cc1cc(I)ccc1-c1ccc(OC2CC(C)(C)NC(C)(C)C2)nn1. The molecule has 5 heteroatoms. The first kappa shape index (κ1) is 18.6. The second kappa shape index (κ2) is 6.83. The predicted octanol–water partition coefficient (Wildman–Crippen LogP) is 4.74. The molecule has 2 aromatic rings. The van der Waals surface area contributed by atoms with Gasteiger partial charge in [-0.05, 0) is 81.0 Å². The Hall–Kier alpha value is -1.21. The van der Waals surface area contributed by atoms with E-state index in [-0.39, 0.29) is 17.2 Å². The van der Waals surface area contributed by atoms with E-state index in [4.69, 9.17) is 4.74 Å². The molecule has 1 aromatic carbocycles. The Labute approximate surface area is 163 Å². The molecule has 25 heavy (non-hydrogen) atoms. The molecule has 0 amide bonds. The third-order valence-corrected chi connectivity index (χ3v) is 5.22. The van der Waals surface area contributed by atoms with Crippen LogP contribution in [0.4, 0.5) is 0 Å². The highest BCUT2D eigenvalue weighted by Crippen LogP contribution is 2.31. The summed E-state index contributed by atoms with van der Waals surface area (Å²) in [5, 5.41) is 12.4. The Balaban J connectivity index is 1.74. The standard InChI is InChI=1S/C20H26IN3O/c1-13-10-14(21)6-7-16(13)17-8-9-18(23-22-17)25-15-11-19(2,3)24-20(4,5)12-15/h6-10,15,24H,11-12H2,1-5H3. The summed E-state index contributed by atoms with van der Waals surface area (Å²) < 4.78 is 7.38. The van der Waals surface area contributed by atoms with Crippen LogP contribution in [0.25, 0.3) is 11.3 Å². The molecular weight excluding hydrogens is 425 g/mol. The van der Waals surface area contributed by atoms with E-state index in [1.807, 2.05) is 12.1 Å². The lowest BCUT2D eigenvalue weighted by Crippen LogP contribution is -2.60. The van der Waals surface area contributed by atoms with Gasteiger partial charge in [0.15, 0.2) is 0 Å². The molecule has 0 spiro atoms. The van der Waals surface area contributed by atoms with E-state index in [0.29, 0.717) is 5.88 Å². The van der Waals surface area contributed by atoms with Crippen LogP contribution < -0.4 is 10.1 Å². The summed E-state index contributed by atoms with van der Waals surface area (Å²) in [5.74, 6) is 0.602. The first-order valence-corrected chi connectivity index (χ1v) is 9.78. The second-order valence-electron chi connectivity index (χ2n) is 8.26. The predicted molar refractivity (Wildman–Crippen MR) is 110 cm³/mol. The molecule has 1 N–H and O–H groups in total. The lowest BCUT2D eigenvalue weighted by molar-refractivity contribution is 0.0524. The van der Waals surface area contributed by atoms with Gasteiger partial charge in [0.2, 0.25) is 5.88 Å². The van der Waals surface area contributed by atoms with Crippen LogP contribution in [0.5, 0.6) is 5.88 Å². The lowest BCUT2D eigenvalue weighted by atomic mass is 9.81. The molecule has 0 atom stereocenters. The third-order valence-electron chi connectivity index (χ3n) is 4.54. The van der Waals surface area contributed by atoms with E-state index in [2.05, 4.69) is 90.9 Å². The number of aromatic nitrogens is 2. The zero-order valence-corrected chi connectivity index (χ0v) is 17.7. The average Bonchev–Trinajstić information content (AvgIpc) is 2.45. The van der Waals surface area contributed by atoms with E-state index in [1.165, 1.54) is 9.13 Å². The monoisotopic (exact) mass is 451 g/mol. The molecule has 2 heterocycles. The number of nitrogens with zero attached hydrogens (tertiary/aromatic N) is 2. The highest BCUT2D eigenvalue weighted by Gasteiger charge is 2.38. The molecule has 0 unspecified atom stereocenters. The molecule has 134 valence electrons. The fourth-order valence-corrected chi connectivity index (χ4v) is 4.57. The normalized spacial score (nSPS) is 19.6. The van der Waals surface area contributed by atoms with Gasteiger partial charge in [-0.15, -0.1) is 10.2 Å². The number of ether oxygens (including phenoxy) is 1. The van der Waals surface area contributed by atoms with Gasteiger partial charge >= 0.3 is 0 Å². The third kappa shape index (κ3) is 4.70. The first-order valence-electron chi connectivity index (χ1n) is 8.70. The van der Waals surface area contributed by atoms with Crippen molar-refractivity contribution in [1.82, 2.24) is 15.5 Å². The maximum Gasteiger partial charge on any atom is 0.233 e. The van der Waals surface area contributed by atoms with Gasteiger partial charge in [0, 0.05) is 39.1 Å². The number of piperidine rings is 1. The molecule has 1 fully saturated rings. The molecule has 0 saturated carbocycles. The van der Waals surface area contributed by atoms with Crippen LogP contribution in [-0.4, -0.2) is 27.4 Å². The molecule has 3 rings (SSSR count). The van der Waals surface area contributed by atoms with Crippen LogP contribution in [0, 0.1) is 10.5 Å². The van der Waals surface area contributed by atoms with E-state index >= 15 is 0 Å². The second-order valence-corrected chi connectivity index (χ2v) is 9.50. The van der Waals surface area contributed by atoms with E-state index in [1.54, 1.807) is 0 Å². The molecule has 0 radical (unpaired) electrons. The largest absolute Gasteiger partial charge is 0.473 e. The fourth-order valence-electron chi connectivity index (χ4n) is 3.92. The number of hydrogen-bond acceptors (Lipinski definition) is 4. The molecule has 0 aliphatic carbocycles. The Morgan fingerprint density at radius 1 is 1.04 bits per heavy atom. The molecule has 1 aliphatic rings. The minimum Gasteiger partial charge on any atom is -0.473 e. The maximum absolute atomic E-state index is 6.15. The minimum atomic E-state index is 0.0537. The van der Waals surface area contributed by atoms with Gasteiger partial charge in [0.25, 0.3) is 0 Å². The van der Waals surface area contributed by atoms with E-state index < -0.39 is 0 Å². The van der Waals surface area contributed by atoms with Crippen LogP contribution in [0.3, 0.4) is 0 Å². The Morgan fingerprint density at radius 3 is 2.28 bits per heavy atom. The zero-order chi connectivity index (χ0) is 18.2. The smallest absolute Gasteiger partial charge is 0.233 e. The van der Waals surface area contributed by atoms with Crippen molar-refractivity contribution in [2.75, 3.05) is 0 Å². The number of benzene rings is 1. The van der Waals surface area contributed by atoms with Crippen LogP contribution in [-0.2, 0) is 0 Å². The van der Waals surface area contributed by atoms with E-state index in [0.717, 1.165) is 24.1 Å². The number of aryl methyl sites for hydroxylation is 1. The Morgan fingerprint density at radius 2 is 1.72 bits per heavy atom. The molecule has 1 aromatic heterocycles. The summed E-state index contributed by atoms with van der Waals surface area (Å²) in [5.41, 5.74) is 3.31. The summed E-state index contributed by atoms with van der Waals surface area (Å²) >= 11 is 2.32. The van der Waals surface area contributed by atoms with Crippen molar-refractivity contribution in [2.24, 2.45) is 0 Å². The quantitative estimate of drug-likeness (QED) is 0.685. The Kier molecular flexibility index (Phi) is 5.08. The molecule has 1 saturated heterocycles. The van der Waals surface area contributed by atoms with Crippen LogP contribution >= 0.6 is 22.6 Å². The van der Waals surface area contributed by atoms with Crippen molar-refractivity contribution in [1.29, 1.82) is 0 Å². The van der Waals surface area contributed by atoms with Crippen LogP contribution in [0.1, 0.15) is 46.1 Å². The van der Waals surface area contributed by atoms with Gasteiger partial charge < -0.3 is 10.1 Å². The molecule has 4 nitrogen and oxygen atoms in total. The molecule has 0 bridgehead atoms. The highest BCUT2D eigenvalue weighted by atomic mass is 127. The molecule has 1 aliphatic heterocycles. The van der Waals surface area contributed by atoms with Gasteiger partial charge in [-0.25, -0.2) is 0 Å². The van der Waals surface area contributed by atoms with Gasteiger partial charge in [0.1, 0.15) is 6.10 Å². The molecular formula is C20H26IN3O. The topological polar surface area (TPSA) is 47.0 Å². The summed E-state index contributed by atoms with van der Waals surface area (Å²) in [6, 6.07) is 10.3. The van der Waals surface area contributed by atoms with Crippen molar-refractivity contribution in [3.63, 3.8) is 0 Å². The first-order chi connectivity index (χ1) is 11.6. The van der Waals surface area contributed by atoms with Gasteiger partial charge in [0.05, 0.1) is 5.69 Å². The average molecular weight is 451 g/mol. The highest BCUT2D eigenvalue weighted by molar-refractivity contribution is 14.1. The fraction of sp³-hybridized carbons (Fsp3) is 0.500. The summed E-state index contributed by atoms with van der Waals surface area (Å²) in [6.45, 7) is 11.0. The van der Waals surface area contributed by atoms with Crippen molar-refractivity contribution in [2.45, 2.75) is 64.6 Å². The number of nitrogens with one attached hydrogen (secondary N) is 1. The lowest BCUT2D eigenvalue weighted by Gasteiger charge is -2.46. The summed E-state index contributed by atoms with van der Waals surface area (Å²) in [6.07, 6.45) is 2.05. The van der Waals surface area contributed by atoms with Crippen molar-refractivity contribution < 1.29 is 4.74 Å². The van der Waals surface area contributed by atoms with Gasteiger partial charge in [-0.1, -0.05) is 6.07 Å². The van der Waals surface area contributed by atoms with Crippen LogP contribution in [0.15, 0.2) is 30.3 Å². The summed E-state index contributed by atoms with van der Waals surface area (Å²) in [7, 11) is 0. The van der Waals surface area contributed by atoms with E-state index in [9.17, 15) is 0 Å². The Bertz CT molecular complexity index is 740. The zero-order valence-electron chi connectivity index (χ0n) is 15.6. The van der Waals surface area contributed by atoms with Crippen molar-refractivity contribution in [3.05, 3.63) is 39.5 Å². The van der Waals surface area contributed by atoms with Crippen LogP contribution in [0.2, 0.25) is 0 Å². The van der Waals surface area contributed by atoms with Gasteiger partial charge in [-0.3, -0.25) is 0 Å². The number of halogens is 1. The van der Waals surface area contributed by atoms with Crippen molar-refractivity contribution >= 4 is 22.6 Å². The summed E-state index contributed by atoms with van der Waals surface area (Å²) in [4.78, 5) is 0.